The molecule has 4 aliphatic carbocycles. The van der Waals surface area contributed by atoms with Crippen molar-refractivity contribution >= 4 is 16.1 Å². The van der Waals surface area contributed by atoms with Gasteiger partial charge in [-0.05, 0) is 99.7 Å². The average Bonchev–Trinajstić information content (AvgIpc) is 3.52. The van der Waals surface area contributed by atoms with Crippen LogP contribution in [0.25, 0.3) is 0 Å². The number of carbonyl (C=O) groups excluding carboxylic acids is 1. The Labute approximate surface area is 208 Å². The third-order valence-corrected chi connectivity index (χ3v) is 9.66. The number of carbonyl (C=O) groups is 1. The van der Waals surface area contributed by atoms with E-state index in [4.69, 9.17) is 14.0 Å². The smallest absolute Gasteiger partial charge is 0.484 e. The molecule has 0 saturated heterocycles. The number of rotatable bonds is 8. The Balaban J connectivity index is 1.36. The van der Waals surface area contributed by atoms with Gasteiger partial charge in [0.1, 0.15) is 18.0 Å². The Bertz CT molecular complexity index is 1130. The lowest BCUT2D eigenvalue weighted by molar-refractivity contribution is -0.275. The Morgan fingerprint density at radius 1 is 1.00 bits per heavy atom. The maximum absolute atomic E-state index is 13.1. The number of esters is 1. The lowest BCUT2D eigenvalue weighted by Gasteiger charge is -2.44. The maximum atomic E-state index is 13.1. The summed E-state index contributed by atoms with van der Waals surface area (Å²) in [5.74, 6) is 1.78. The normalized spacial score (nSPS) is 33.0. The summed E-state index contributed by atoms with van der Waals surface area (Å²) in [4.78, 5) is 12.4. The number of benzene rings is 1. The van der Waals surface area contributed by atoms with Gasteiger partial charge >= 0.3 is 12.3 Å². The van der Waals surface area contributed by atoms with Gasteiger partial charge in [-0.1, -0.05) is 0 Å². The van der Waals surface area contributed by atoms with Gasteiger partial charge in [-0.3, -0.25) is 4.55 Å². The first-order valence-corrected chi connectivity index (χ1v) is 14.0. The molecule has 4 bridgehead atoms. The first kappa shape index (κ1) is 25.6. The predicted octanol–water partition coefficient (Wildman–Crippen LogP) is 5.11. The summed E-state index contributed by atoms with van der Waals surface area (Å²) >= 11 is 0. The molecule has 4 saturated carbocycles. The molecule has 0 spiro atoms. The van der Waals surface area contributed by atoms with E-state index in [1.165, 1.54) is 19.3 Å². The highest BCUT2D eigenvalue weighted by Crippen LogP contribution is 2.70. The third kappa shape index (κ3) is 4.92. The Morgan fingerprint density at radius 3 is 2.36 bits per heavy atom. The molecule has 0 heterocycles. The molecule has 11 heteroatoms. The molecule has 1 aromatic carbocycles. The van der Waals surface area contributed by atoms with E-state index in [0.717, 1.165) is 48.8 Å². The molecule has 4 aliphatic rings. The van der Waals surface area contributed by atoms with Gasteiger partial charge in [0.05, 0.1) is 5.56 Å². The van der Waals surface area contributed by atoms with Crippen LogP contribution in [-0.2, 0) is 14.9 Å². The van der Waals surface area contributed by atoms with Crippen LogP contribution in [0.15, 0.2) is 18.2 Å². The standard InChI is InChI=1S/C25H31F3O7S/c1-24(2,18-11-16-10-17(18)22-14-4-3-13(9-14)21(16)22)34-20-12-15(5-6-19(20)35-25(26,27)28)23(29)33-7-8-36(30,31)32/h5-6,12-14,16-18,21-22H,3-4,7-11H2,1-2H3,(H,30,31,32). The van der Waals surface area contributed by atoms with E-state index in [0.29, 0.717) is 17.8 Å². The van der Waals surface area contributed by atoms with Gasteiger partial charge in [0, 0.05) is 5.92 Å². The minimum atomic E-state index is -4.96. The van der Waals surface area contributed by atoms with Crippen molar-refractivity contribution in [2.45, 2.75) is 57.9 Å². The van der Waals surface area contributed by atoms with E-state index in [1.54, 1.807) is 0 Å². The van der Waals surface area contributed by atoms with E-state index in [2.05, 4.69) is 4.74 Å². The van der Waals surface area contributed by atoms with Crippen LogP contribution < -0.4 is 9.47 Å². The third-order valence-electron chi connectivity index (χ3n) is 8.98. The summed E-state index contributed by atoms with van der Waals surface area (Å²) in [6, 6.07) is 3.21. The highest BCUT2D eigenvalue weighted by Gasteiger charge is 2.64. The summed E-state index contributed by atoms with van der Waals surface area (Å²) in [6.45, 7) is 3.17. The van der Waals surface area contributed by atoms with E-state index < -0.39 is 46.2 Å². The maximum Gasteiger partial charge on any atom is 0.573 e. The number of hydrogen-bond donors (Lipinski definition) is 1. The monoisotopic (exact) mass is 532 g/mol. The lowest BCUT2D eigenvalue weighted by Crippen LogP contribution is -2.45. The van der Waals surface area contributed by atoms with Crippen LogP contribution in [0.5, 0.6) is 11.5 Å². The van der Waals surface area contributed by atoms with Gasteiger partial charge in [-0.2, -0.15) is 8.42 Å². The Kier molecular flexibility index (Phi) is 6.26. The molecule has 1 aromatic rings. The van der Waals surface area contributed by atoms with Gasteiger partial charge in [-0.15, -0.1) is 13.2 Å². The molecule has 36 heavy (non-hydrogen) atoms. The molecule has 4 fully saturated rings. The molecular weight excluding hydrogens is 501 g/mol. The largest absolute Gasteiger partial charge is 0.573 e. The van der Waals surface area contributed by atoms with Crippen LogP contribution >= 0.6 is 0 Å². The van der Waals surface area contributed by atoms with Gasteiger partial charge in [0.15, 0.2) is 11.5 Å². The summed E-state index contributed by atoms with van der Waals surface area (Å²) in [6.07, 6.45) is 1.07. The van der Waals surface area contributed by atoms with Crippen LogP contribution in [0.4, 0.5) is 13.2 Å². The SMILES string of the molecule is CC(C)(Oc1cc(C(=O)OCCS(=O)(=O)O)ccc1OC(F)(F)F)C1CC2CC1C1C3CCC(C3)C21. The zero-order valence-corrected chi connectivity index (χ0v) is 21.0. The second-order valence-electron chi connectivity index (χ2n) is 11.3. The van der Waals surface area contributed by atoms with Crippen molar-refractivity contribution in [3.63, 3.8) is 0 Å². The quantitative estimate of drug-likeness (QED) is 0.282. The number of fused-ring (bicyclic) bond motifs is 9. The zero-order valence-electron chi connectivity index (χ0n) is 20.2. The molecule has 0 aromatic heterocycles. The molecule has 200 valence electrons. The predicted molar refractivity (Wildman–Crippen MR) is 122 cm³/mol. The van der Waals surface area contributed by atoms with Gasteiger partial charge in [0.25, 0.3) is 10.1 Å². The number of halogens is 3. The van der Waals surface area contributed by atoms with Crippen molar-refractivity contribution in [2.24, 2.45) is 41.4 Å². The van der Waals surface area contributed by atoms with Crippen molar-refractivity contribution in [1.29, 1.82) is 0 Å². The van der Waals surface area contributed by atoms with Crippen LogP contribution in [0.3, 0.4) is 0 Å². The molecule has 0 radical (unpaired) electrons. The Morgan fingerprint density at radius 2 is 1.69 bits per heavy atom. The van der Waals surface area contributed by atoms with Gasteiger partial charge in [0.2, 0.25) is 0 Å². The molecule has 7 nitrogen and oxygen atoms in total. The molecule has 0 aliphatic heterocycles. The molecule has 1 N–H and O–H groups in total. The Hall–Kier alpha value is -2.01. The first-order valence-electron chi connectivity index (χ1n) is 12.4. The van der Waals surface area contributed by atoms with Crippen molar-refractivity contribution < 1.29 is 45.1 Å². The van der Waals surface area contributed by atoms with E-state index >= 15 is 0 Å². The molecule has 7 unspecified atom stereocenters. The molecule has 0 amide bonds. The molecular formula is C25H31F3O7S. The van der Waals surface area contributed by atoms with Gasteiger partial charge in [-0.25, -0.2) is 4.79 Å². The van der Waals surface area contributed by atoms with Crippen molar-refractivity contribution in [1.82, 2.24) is 0 Å². The second-order valence-corrected chi connectivity index (χ2v) is 12.9. The summed E-state index contributed by atoms with van der Waals surface area (Å²) in [5, 5.41) is 0. The number of ether oxygens (including phenoxy) is 3. The van der Waals surface area contributed by atoms with E-state index in [1.807, 2.05) is 13.8 Å². The zero-order chi connectivity index (χ0) is 26.0. The summed E-state index contributed by atoms with van der Waals surface area (Å²) < 4.78 is 85.0. The second kappa shape index (κ2) is 8.79. The minimum absolute atomic E-state index is 0.119. The van der Waals surface area contributed by atoms with Crippen molar-refractivity contribution in [3.8, 4) is 11.5 Å². The van der Waals surface area contributed by atoms with E-state index in [-0.39, 0.29) is 17.2 Å². The first-order chi connectivity index (χ1) is 16.7. The fourth-order valence-electron chi connectivity index (χ4n) is 7.97. The summed E-state index contributed by atoms with van der Waals surface area (Å²) in [5.41, 5.74) is -0.921. The van der Waals surface area contributed by atoms with Crippen LogP contribution in [0.2, 0.25) is 0 Å². The highest BCUT2D eigenvalue weighted by atomic mass is 32.2. The highest BCUT2D eigenvalue weighted by molar-refractivity contribution is 7.85. The fraction of sp³-hybridized carbons (Fsp3) is 0.720. The molecule has 5 rings (SSSR count). The van der Waals surface area contributed by atoms with Crippen LogP contribution in [0.1, 0.15) is 56.3 Å². The fourth-order valence-corrected chi connectivity index (χ4v) is 8.26. The van der Waals surface area contributed by atoms with E-state index in [9.17, 15) is 26.4 Å². The summed E-state index contributed by atoms with van der Waals surface area (Å²) in [7, 11) is -4.33. The van der Waals surface area contributed by atoms with Crippen LogP contribution in [0, 0.1) is 41.4 Å². The van der Waals surface area contributed by atoms with Crippen LogP contribution in [-0.4, -0.2) is 43.3 Å². The molecule has 7 atom stereocenters. The van der Waals surface area contributed by atoms with Gasteiger partial charge < -0.3 is 14.2 Å². The number of hydrogen-bond acceptors (Lipinski definition) is 6. The number of alkyl halides is 3. The topological polar surface area (TPSA) is 99.1 Å². The average molecular weight is 533 g/mol. The van der Waals surface area contributed by atoms with Crippen molar-refractivity contribution in [2.75, 3.05) is 12.4 Å². The minimum Gasteiger partial charge on any atom is -0.484 e. The van der Waals surface area contributed by atoms with Crippen molar-refractivity contribution in [3.05, 3.63) is 23.8 Å². The lowest BCUT2D eigenvalue weighted by atomic mass is 9.64.